The van der Waals surface area contributed by atoms with E-state index >= 15 is 0 Å². The molecule has 1 N–H and O–H groups in total. The molecule has 4 heteroatoms. The highest BCUT2D eigenvalue weighted by molar-refractivity contribution is 9.10. The lowest BCUT2D eigenvalue weighted by atomic mass is 9.96. The fourth-order valence-electron chi connectivity index (χ4n) is 2.13. The van der Waals surface area contributed by atoms with Gasteiger partial charge in [-0.1, -0.05) is 28.1 Å². The number of ether oxygens (including phenoxy) is 1. The molecular weight excluding hydrogens is 384 g/mol. The lowest BCUT2D eigenvalue weighted by molar-refractivity contribution is 0.219. The number of hydrogen-bond donors (Lipinski definition) is 1. The third kappa shape index (κ3) is 3.08. The molecule has 0 bridgehead atoms. The van der Waals surface area contributed by atoms with E-state index in [0.29, 0.717) is 0 Å². The zero-order chi connectivity index (χ0) is 14.9. The van der Waals surface area contributed by atoms with Crippen molar-refractivity contribution in [2.75, 3.05) is 7.11 Å². The summed E-state index contributed by atoms with van der Waals surface area (Å²) < 4.78 is 7.10. The van der Waals surface area contributed by atoms with E-state index in [1.165, 1.54) is 0 Å². The average molecular weight is 400 g/mol. The second-order valence-corrected chi connectivity index (χ2v) is 6.46. The van der Waals surface area contributed by atoms with E-state index < -0.39 is 6.10 Å². The fourth-order valence-corrected chi connectivity index (χ4v) is 3.15. The SMILES string of the molecule is COc1ccc(C(O)c2cc(C)c(Br)cc2C)cc1Br. The van der Waals surface area contributed by atoms with Crippen molar-refractivity contribution >= 4 is 31.9 Å². The molecule has 0 saturated heterocycles. The van der Waals surface area contributed by atoms with Crippen molar-refractivity contribution in [3.8, 4) is 5.75 Å². The van der Waals surface area contributed by atoms with Gasteiger partial charge in [-0.25, -0.2) is 0 Å². The molecule has 0 aliphatic rings. The summed E-state index contributed by atoms with van der Waals surface area (Å²) in [5, 5.41) is 10.6. The molecule has 0 aromatic heterocycles. The van der Waals surface area contributed by atoms with Gasteiger partial charge in [0, 0.05) is 4.47 Å². The highest BCUT2D eigenvalue weighted by Crippen LogP contribution is 2.33. The number of benzene rings is 2. The summed E-state index contributed by atoms with van der Waals surface area (Å²) in [5.74, 6) is 0.754. The largest absolute Gasteiger partial charge is 0.496 e. The zero-order valence-corrected chi connectivity index (χ0v) is 14.7. The van der Waals surface area contributed by atoms with Gasteiger partial charge in [-0.15, -0.1) is 0 Å². The standard InChI is InChI=1S/C16H16Br2O2/c1-9-7-13(17)10(2)6-12(9)16(19)11-4-5-15(20-3)14(18)8-11/h4-8,16,19H,1-3H3. The van der Waals surface area contributed by atoms with Crippen LogP contribution in [0.3, 0.4) is 0 Å². The van der Waals surface area contributed by atoms with E-state index in [1.807, 2.05) is 44.2 Å². The number of hydrogen-bond acceptors (Lipinski definition) is 2. The second-order valence-electron chi connectivity index (χ2n) is 4.75. The van der Waals surface area contributed by atoms with E-state index in [0.717, 1.165) is 36.9 Å². The summed E-state index contributed by atoms with van der Waals surface area (Å²) in [5.41, 5.74) is 3.92. The summed E-state index contributed by atoms with van der Waals surface area (Å²) in [7, 11) is 1.62. The van der Waals surface area contributed by atoms with Gasteiger partial charge in [0.15, 0.2) is 0 Å². The Balaban J connectivity index is 2.43. The van der Waals surface area contributed by atoms with Crippen LogP contribution in [0, 0.1) is 13.8 Å². The topological polar surface area (TPSA) is 29.5 Å². The van der Waals surface area contributed by atoms with Crippen molar-refractivity contribution in [3.05, 3.63) is 61.5 Å². The molecule has 1 unspecified atom stereocenters. The summed E-state index contributed by atoms with van der Waals surface area (Å²) in [4.78, 5) is 0. The predicted octanol–water partition coefficient (Wildman–Crippen LogP) is 4.92. The summed E-state index contributed by atoms with van der Waals surface area (Å²) >= 11 is 6.96. The van der Waals surface area contributed by atoms with Crippen LogP contribution in [0.5, 0.6) is 5.75 Å². The van der Waals surface area contributed by atoms with Crippen LogP contribution in [0.25, 0.3) is 0 Å². The van der Waals surface area contributed by atoms with Gasteiger partial charge in [0.05, 0.1) is 11.6 Å². The number of aliphatic hydroxyl groups excluding tert-OH is 1. The molecule has 20 heavy (non-hydrogen) atoms. The second kappa shape index (κ2) is 6.29. The Morgan fingerprint density at radius 3 is 2.30 bits per heavy atom. The van der Waals surface area contributed by atoms with Crippen LogP contribution in [-0.4, -0.2) is 12.2 Å². The molecular formula is C16H16Br2O2. The first-order valence-corrected chi connectivity index (χ1v) is 7.80. The molecule has 0 fully saturated rings. The number of rotatable bonds is 3. The molecule has 2 aromatic rings. The summed E-state index contributed by atoms with van der Waals surface area (Å²) in [6.07, 6.45) is -0.649. The predicted molar refractivity (Wildman–Crippen MR) is 88.4 cm³/mol. The maximum atomic E-state index is 10.6. The molecule has 0 aliphatic carbocycles. The zero-order valence-electron chi connectivity index (χ0n) is 11.6. The van der Waals surface area contributed by atoms with Crippen LogP contribution < -0.4 is 4.74 Å². The molecule has 2 rings (SSSR count). The Morgan fingerprint density at radius 1 is 1.00 bits per heavy atom. The Morgan fingerprint density at radius 2 is 1.70 bits per heavy atom. The number of halogens is 2. The monoisotopic (exact) mass is 398 g/mol. The van der Waals surface area contributed by atoms with Crippen LogP contribution in [0.2, 0.25) is 0 Å². The first-order chi connectivity index (χ1) is 9.43. The number of methoxy groups -OCH3 is 1. The maximum Gasteiger partial charge on any atom is 0.133 e. The molecule has 2 nitrogen and oxygen atoms in total. The minimum absolute atomic E-state index is 0.649. The van der Waals surface area contributed by atoms with E-state index in [1.54, 1.807) is 7.11 Å². The van der Waals surface area contributed by atoms with Gasteiger partial charge in [-0.05, 0) is 70.2 Å². The smallest absolute Gasteiger partial charge is 0.133 e. The molecule has 0 radical (unpaired) electrons. The highest BCUT2D eigenvalue weighted by Gasteiger charge is 2.15. The Bertz CT molecular complexity index is 639. The van der Waals surface area contributed by atoms with Gasteiger partial charge < -0.3 is 9.84 Å². The van der Waals surface area contributed by atoms with E-state index in [-0.39, 0.29) is 0 Å². The number of aryl methyl sites for hydroxylation is 2. The molecule has 0 saturated carbocycles. The van der Waals surface area contributed by atoms with Crippen molar-refractivity contribution in [2.45, 2.75) is 20.0 Å². The van der Waals surface area contributed by atoms with Crippen molar-refractivity contribution in [3.63, 3.8) is 0 Å². The third-order valence-electron chi connectivity index (χ3n) is 3.33. The molecule has 0 spiro atoms. The van der Waals surface area contributed by atoms with Crippen LogP contribution in [-0.2, 0) is 0 Å². The van der Waals surface area contributed by atoms with Gasteiger partial charge >= 0.3 is 0 Å². The molecule has 0 heterocycles. The number of aliphatic hydroxyl groups is 1. The quantitative estimate of drug-likeness (QED) is 0.793. The van der Waals surface area contributed by atoms with Crippen molar-refractivity contribution in [1.82, 2.24) is 0 Å². The van der Waals surface area contributed by atoms with Crippen LogP contribution in [0.15, 0.2) is 39.3 Å². The summed E-state index contributed by atoms with van der Waals surface area (Å²) in [6, 6.07) is 9.67. The van der Waals surface area contributed by atoms with Crippen molar-refractivity contribution in [2.24, 2.45) is 0 Å². The van der Waals surface area contributed by atoms with Gasteiger partial charge in [0.2, 0.25) is 0 Å². The van der Waals surface area contributed by atoms with Gasteiger partial charge in [0.25, 0.3) is 0 Å². The minimum atomic E-state index is -0.649. The van der Waals surface area contributed by atoms with Crippen LogP contribution in [0.4, 0.5) is 0 Å². The third-order valence-corrected chi connectivity index (χ3v) is 4.81. The minimum Gasteiger partial charge on any atom is -0.496 e. The van der Waals surface area contributed by atoms with Gasteiger partial charge in [-0.2, -0.15) is 0 Å². The van der Waals surface area contributed by atoms with Crippen molar-refractivity contribution in [1.29, 1.82) is 0 Å². The fraction of sp³-hybridized carbons (Fsp3) is 0.250. The van der Waals surface area contributed by atoms with Crippen molar-refractivity contribution < 1.29 is 9.84 Å². The van der Waals surface area contributed by atoms with Gasteiger partial charge in [0.1, 0.15) is 11.9 Å². The maximum absolute atomic E-state index is 10.6. The Labute approximate surface area is 136 Å². The normalized spacial score (nSPS) is 12.3. The van der Waals surface area contributed by atoms with Gasteiger partial charge in [-0.3, -0.25) is 0 Å². The lowest BCUT2D eigenvalue weighted by Gasteiger charge is -2.17. The average Bonchev–Trinajstić information content (AvgIpc) is 2.42. The molecule has 2 aromatic carbocycles. The Kier molecular flexibility index (Phi) is 4.89. The Hall–Kier alpha value is -0.840. The molecule has 0 amide bonds. The first-order valence-electron chi connectivity index (χ1n) is 6.22. The highest BCUT2D eigenvalue weighted by atomic mass is 79.9. The van der Waals surface area contributed by atoms with Crippen LogP contribution >= 0.6 is 31.9 Å². The molecule has 0 aliphatic heterocycles. The van der Waals surface area contributed by atoms with E-state index in [9.17, 15) is 5.11 Å². The molecule has 106 valence electrons. The molecule has 1 atom stereocenters. The van der Waals surface area contributed by atoms with E-state index in [2.05, 4.69) is 31.9 Å². The lowest BCUT2D eigenvalue weighted by Crippen LogP contribution is -2.03. The van der Waals surface area contributed by atoms with Crippen LogP contribution in [0.1, 0.15) is 28.4 Å². The first kappa shape index (κ1) is 15.5. The summed E-state index contributed by atoms with van der Waals surface area (Å²) in [6.45, 7) is 4.02. The van der Waals surface area contributed by atoms with E-state index in [4.69, 9.17) is 4.74 Å².